The number of hydrogen-bond acceptors (Lipinski definition) is 5. The van der Waals surface area contributed by atoms with Crippen molar-refractivity contribution in [3.05, 3.63) is 56.7 Å². The lowest BCUT2D eigenvalue weighted by atomic mass is 10.2. The van der Waals surface area contributed by atoms with E-state index in [2.05, 4.69) is 4.98 Å². The number of hydrogen-bond donors (Lipinski definition) is 1. The first-order valence-electron chi connectivity index (χ1n) is 5.71. The van der Waals surface area contributed by atoms with Crippen molar-refractivity contribution >= 4 is 23.3 Å². The highest BCUT2D eigenvalue weighted by molar-refractivity contribution is 6.33. The minimum absolute atomic E-state index is 0.0308. The third-order valence-electron chi connectivity index (χ3n) is 2.55. The Kier molecular flexibility index (Phi) is 4.04. The Morgan fingerprint density at radius 2 is 2.10 bits per heavy atom. The van der Waals surface area contributed by atoms with Gasteiger partial charge in [0.25, 0.3) is 0 Å². The van der Waals surface area contributed by atoms with Gasteiger partial charge in [-0.3, -0.25) is 10.1 Å². The van der Waals surface area contributed by atoms with E-state index in [1.54, 1.807) is 13.0 Å². The van der Waals surface area contributed by atoms with Crippen LogP contribution in [0.4, 0.5) is 5.69 Å². The SMILES string of the molecule is Cc1ccc(Oc2ccc(Cl)c(C(=O)O)n2)c([N+](=O)[O-])c1. The number of nitro groups is 1. The molecule has 0 unspecified atom stereocenters. The molecule has 0 aliphatic heterocycles. The molecule has 1 N–H and O–H groups in total. The van der Waals surface area contributed by atoms with Gasteiger partial charge in [-0.2, -0.15) is 0 Å². The molecule has 1 heterocycles. The number of pyridine rings is 1. The molecule has 1 aromatic heterocycles. The van der Waals surface area contributed by atoms with Crippen LogP contribution >= 0.6 is 11.6 Å². The first-order valence-corrected chi connectivity index (χ1v) is 6.09. The Bertz CT molecular complexity index is 732. The van der Waals surface area contributed by atoms with Crippen molar-refractivity contribution in [2.24, 2.45) is 0 Å². The van der Waals surface area contributed by atoms with Crippen molar-refractivity contribution in [1.82, 2.24) is 4.98 Å². The first-order chi connectivity index (χ1) is 9.88. The molecule has 0 fully saturated rings. The molecule has 0 atom stereocenters. The summed E-state index contributed by atoms with van der Waals surface area (Å²) < 4.78 is 5.30. The minimum Gasteiger partial charge on any atom is -0.476 e. The predicted molar refractivity (Wildman–Crippen MR) is 74.1 cm³/mol. The summed E-state index contributed by atoms with van der Waals surface area (Å²) in [7, 11) is 0. The third-order valence-corrected chi connectivity index (χ3v) is 2.85. The maximum Gasteiger partial charge on any atom is 0.356 e. The summed E-state index contributed by atoms with van der Waals surface area (Å²) in [5, 5.41) is 19.9. The second kappa shape index (κ2) is 5.76. The Labute approximate surface area is 123 Å². The molecule has 1 aromatic carbocycles. The largest absolute Gasteiger partial charge is 0.476 e. The van der Waals surface area contributed by atoms with E-state index in [0.29, 0.717) is 5.56 Å². The van der Waals surface area contributed by atoms with Gasteiger partial charge in [0, 0.05) is 12.1 Å². The van der Waals surface area contributed by atoms with Crippen LogP contribution in [0.25, 0.3) is 0 Å². The van der Waals surface area contributed by atoms with Gasteiger partial charge in [0.2, 0.25) is 11.6 Å². The minimum atomic E-state index is -1.32. The zero-order valence-electron chi connectivity index (χ0n) is 10.7. The van der Waals surface area contributed by atoms with Gasteiger partial charge in [0.1, 0.15) is 0 Å². The Balaban J connectivity index is 2.41. The normalized spacial score (nSPS) is 10.2. The molecule has 0 radical (unpaired) electrons. The van der Waals surface area contributed by atoms with E-state index in [0.717, 1.165) is 0 Å². The Hall–Kier alpha value is -2.67. The fraction of sp³-hybridized carbons (Fsp3) is 0.0769. The van der Waals surface area contributed by atoms with Crippen LogP contribution in [-0.4, -0.2) is 21.0 Å². The van der Waals surface area contributed by atoms with E-state index in [1.165, 1.54) is 24.3 Å². The highest BCUT2D eigenvalue weighted by Crippen LogP contribution is 2.32. The zero-order chi connectivity index (χ0) is 15.6. The number of carboxylic acids is 1. The molecule has 0 amide bonds. The van der Waals surface area contributed by atoms with Crippen molar-refractivity contribution in [1.29, 1.82) is 0 Å². The Morgan fingerprint density at radius 1 is 1.38 bits per heavy atom. The fourth-order valence-corrected chi connectivity index (χ4v) is 1.79. The van der Waals surface area contributed by atoms with Gasteiger partial charge in [-0.1, -0.05) is 17.7 Å². The number of ether oxygens (including phenoxy) is 1. The van der Waals surface area contributed by atoms with Crippen molar-refractivity contribution in [3.8, 4) is 11.6 Å². The zero-order valence-corrected chi connectivity index (χ0v) is 11.5. The van der Waals surface area contributed by atoms with E-state index in [1.807, 2.05) is 0 Å². The predicted octanol–water partition coefficient (Wildman–Crippen LogP) is 3.44. The molecule has 2 aromatic rings. The number of carbonyl (C=O) groups is 1. The molecule has 7 nitrogen and oxygen atoms in total. The van der Waals surface area contributed by atoms with Crippen molar-refractivity contribution in [3.63, 3.8) is 0 Å². The van der Waals surface area contributed by atoms with Gasteiger partial charge in [-0.05, 0) is 24.6 Å². The van der Waals surface area contributed by atoms with E-state index in [4.69, 9.17) is 21.4 Å². The van der Waals surface area contributed by atoms with Crippen molar-refractivity contribution in [2.75, 3.05) is 0 Å². The van der Waals surface area contributed by atoms with Gasteiger partial charge in [-0.25, -0.2) is 9.78 Å². The summed E-state index contributed by atoms with van der Waals surface area (Å²) in [6, 6.07) is 7.04. The van der Waals surface area contributed by atoms with Crippen LogP contribution in [0, 0.1) is 17.0 Å². The van der Waals surface area contributed by atoms with Gasteiger partial charge < -0.3 is 9.84 Å². The van der Waals surface area contributed by atoms with Crippen LogP contribution in [0.15, 0.2) is 30.3 Å². The molecule has 0 bridgehead atoms. The number of rotatable bonds is 4. The van der Waals surface area contributed by atoms with Crippen LogP contribution < -0.4 is 4.74 Å². The lowest BCUT2D eigenvalue weighted by molar-refractivity contribution is -0.385. The molecule has 0 spiro atoms. The molecule has 0 saturated carbocycles. The number of halogens is 1. The number of aromatic carboxylic acids is 1. The number of aromatic nitrogens is 1. The Morgan fingerprint density at radius 3 is 2.71 bits per heavy atom. The molecular weight excluding hydrogens is 300 g/mol. The van der Waals surface area contributed by atoms with Crippen molar-refractivity contribution in [2.45, 2.75) is 6.92 Å². The van der Waals surface area contributed by atoms with Crippen LogP contribution in [0.3, 0.4) is 0 Å². The third kappa shape index (κ3) is 3.26. The molecule has 0 aliphatic carbocycles. The van der Waals surface area contributed by atoms with E-state index in [-0.39, 0.29) is 28.0 Å². The summed E-state index contributed by atoms with van der Waals surface area (Å²) >= 11 is 5.69. The number of aryl methyl sites for hydroxylation is 1. The van der Waals surface area contributed by atoms with E-state index >= 15 is 0 Å². The van der Waals surface area contributed by atoms with Gasteiger partial charge in [0.15, 0.2) is 5.69 Å². The standard InChI is InChI=1S/C13H9ClN2O5/c1-7-2-4-10(9(6-7)16(19)20)21-11-5-3-8(14)12(15-11)13(17)18/h2-6H,1H3,(H,17,18). The molecule has 8 heteroatoms. The molecule has 21 heavy (non-hydrogen) atoms. The first kappa shape index (κ1) is 14.7. The average Bonchev–Trinajstić information content (AvgIpc) is 2.42. The highest BCUT2D eigenvalue weighted by Gasteiger charge is 2.18. The molecule has 0 saturated heterocycles. The maximum atomic E-state index is 11.0. The summed E-state index contributed by atoms with van der Waals surface area (Å²) in [4.78, 5) is 25.0. The summed E-state index contributed by atoms with van der Waals surface area (Å²) in [6.07, 6.45) is 0. The van der Waals surface area contributed by atoms with Gasteiger partial charge in [-0.15, -0.1) is 0 Å². The monoisotopic (exact) mass is 308 g/mol. The topological polar surface area (TPSA) is 103 Å². The summed E-state index contributed by atoms with van der Waals surface area (Å²) in [5.74, 6) is -1.44. The summed E-state index contributed by atoms with van der Waals surface area (Å²) in [5.41, 5.74) is 0.0805. The lowest BCUT2D eigenvalue weighted by Gasteiger charge is -2.07. The second-order valence-corrected chi connectivity index (χ2v) is 4.52. The van der Waals surface area contributed by atoms with E-state index < -0.39 is 10.9 Å². The summed E-state index contributed by atoms with van der Waals surface area (Å²) in [6.45, 7) is 1.71. The second-order valence-electron chi connectivity index (χ2n) is 4.12. The maximum absolute atomic E-state index is 11.0. The number of nitro benzene ring substituents is 1. The van der Waals surface area contributed by atoms with E-state index in [9.17, 15) is 14.9 Å². The number of nitrogens with zero attached hydrogens (tertiary/aromatic N) is 2. The highest BCUT2D eigenvalue weighted by atomic mass is 35.5. The van der Waals surface area contributed by atoms with Gasteiger partial charge in [0.05, 0.1) is 9.95 Å². The molecular formula is C13H9ClN2O5. The quantitative estimate of drug-likeness (QED) is 0.685. The number of benzene rings is 1. The average molecular weight is 309 g/mol. The fourth-order valence-electron chi connectivity index (χ4n) is 1.60. The molecule has 108 valence electrons. The van der Waals surface area contributed by atoms with Crippen LogP contribution in [0.1, 0.15) is 16.1 Å². The van der Waals surface area contributed by atoms with Crippen LogP contribution in [-0.2, 0) is 0 Å². The molecule has 0 aliphatic rings. The van der Waals surface area contributed by atoms with Crippen molar-refractivity contribution < 1.29 is 19.6 Å². The van der Waals surface area contributed by atoms with Gasteiger partial charge >= 0.3 is 11.7 Å². The van der Waals surface area contributed by atoms with Crippen LogP contribution in [0.2, 0.25) is 5.02 Å². The smallest absolute Gasteiger partial charge is 0.356 e. The lowest BCUT2D eigenvalue weighted by Crippen LogP contribution is -2.03. The number of carboxylic acid groups (broad SMARTS) is 1. The van der Waals surface area contributed by atoms with Crippen LogP contribution in [0.5, 0.6) is 11.6 Å². The molecule has 2 rings (SSSR count).